The number of carbonyl (C=O) groups is 1. The zero-order chi connectivity index (χ0) is 20.3. The molecule has 1 N–H and O–H groups in total. The first-order chi connectivity index (χ1) is 14.8. The first kappa shape index (κ1) is 18.9. The number of pyridine rings is 2. The molecule has 0 unspecified atom stereocenters. The molecule has 30 heavy (non-hydrogen) atoms. The van der Waals surface area contributed by atoms with E-state index >= 15 is 0 Å². The highest BCUT2D eigenvalue weighted by Gasteiger charge is 2.30. The summed E-state index contributed by atoms with van der Waals surface area (Å²) in [5.41, 5.74) is 7.08. The van der Waals surface area contributed by atoms with Crippen molar-refractivity contribution in [2.24, 2.45) is 16.9 Å². The SMILES string of the molecule is O=C(N/N=C1/CC[C@H]2CCCC[C@H]2C1)c1cc(-c2ccncc2)nc2ccccc12. The molecule has 5 nitrogen and oxygen atoms in total. The zero-order valence-electron chi connectivity index (χ0n) is 17.1. The van der Waals surface area contributed by atoms with E-state index in [4.69, 9.17) is 4.98 Å². The van der Waals surface area contributed by atoms with E-state index in [1.165, 1.54) is 32.1 Å². The average Bonchev–Trinajstić information content (AvgIpc) is 2.82. The van der Waals surface area contributed by atoms with E-state index in [9.17, 15) is 4.79 Å². The molecule has 2 saturated carbocycles. The minimum atomic E-state index is -0.179. The van der Waals surface area contributed by atoms with Crippen LogP contribution in [-0.2, 0) is 0 Å². The molecule has 0 saturated heterocycles. The van der Waals surface area contributed by atoms with Gasteiger partial charge < -0.3 is 0 Å². The average molecular weight is 399 g/mol. The minimum absolute atomic E-state index is 0.179. The van der Waals surface area contributed by atoms with Crippen LogP contribution in [0.1, 0.15) is 55.3 Å². The fraction of sp³-hybridized carbons (Fsp3) is 0.360. The highest BCUT2D eigenvalue weighted by atomic mass is 16.2. The molecule has 0 spiro atoms. The van der Waals surface area contributed by atoms with E-state index < -0.39 is 0 Å². The third-order valence-corrected chi connectivity index (χ3v) is 6.62. The second kappa shape index (κ2) is 8.34. The van der Waals surface area contributed by atoms with Crippen LogP contribution in [0.2, 0.25) is 0 Å². The van der Waals surface area contributed by atoms with Crippen LogP contribution in [0.3, 0.4) is 0 Å². The van der Waals surface area contributed by atoms with Crippen molar-refractivity contribution in [3.8, 4) is 11.3 Å². The maximum atomic E-state index is 13.1. The summed E-state index contributed by atoms with van der Waals surface area (Å²) in [7, 11) is 0. The van der Waals surface area contributed by atoms with Gasteiger partial charge >= 0.3 is 0 Å². The monoisotopic (exact) mass is 398 g/mol. The molecule has 3 aromatic rings. The molecule has 5 heteroatoms. The number of aromatic nitrogens is 2. The Balaban J connectivity index is 1.41. The van der Waals surface area contributed by atoms with Gasteiger partial charge in [-0.25, -0.2) is 10.4 Å². The summed E-state index contributed by atoms with van der Waals surface area (Å²) in [5, 5.41) is 5.38. The summed E-state index contributed by atoms with van der Waals surface area (Å²) in [6.45, 7) is 0. The lowest BCUT2D eigenvalue weighted by atomic mass is 9.70. The van der Waals surface area contributed by atoms with Crippen molar-refractivity contribution in [3.05, 3.63) is 60.4 Å². The van der Waals surface area contributed by atoms with Crippen LogP contribution in [0.4, 0.5) is 0 Å². The van der Waals surface area contributed by atoms with E-state index in [-0.39, 0.29) is 5.91 Å². The van der Waals surface area contributed by atoms with Gasteiger partial charge in [0.1, 0.15) is 0 Å². The van der Waals surface area contributed by atoms with Gasteiger partial charge in [-0.05, 0) is 61.8 Å². The van der Waals surface area contributed by atoms with Gasteiger partial charge in [0.2, 0.25) is 0 Å². The summed E-state index contributed by atoms with van der Waals surface area (Å²) < 4.78 is 0. The second-order valence-corrected chi connectivity index (χ2v) is 8.47. The molecule has 5 rings (SSSR count). The Morgan fingerprint density at radius 1 is 1.00 bits per heavy atom. The molecular formula is C25H26N4O. The first-order valence-corrected chi connectivity index (χ1v) is 10.9. The summed E-state index contributed by atoms with van der Waals surface area (Å²) in [6.07, 6.45) is 12.1. The van der Waals surface area contributed by atoms with Crippen molar-refractivity contribution in [2.75, 3.05) is 0 Å². The quantitative estimate of drug-likeness (QED) is 0.603. The van der Waals surface area contributed by atoms with Crippen LogP contribution in [0.25, 0.3) is 22.2 Å². The van der Waals surface area contributed by atoms with E-state index in [1.54, 1.807) is 12.4 Å². The zero-order valence-corrected chi connectivity index (χ0v) is 17.1. The van der Waals surface area contributed by atoms with Gasteiger partial charge in [0.25, 0.3) is 5.91 Å². The van der Waals surface area contributed by atoms with Gasteiger partial charge in [-0.3, -0.25) is 9.78 Å². The number of rotatable bonds is 3. The number of benzene rings is 1. The smallest absolute Gasteiger partial charge is 0.267 e. The number of hydrazone groups is 1. The van der Waals surface area contributed by atoms with Gasteiger partial charge in [0.15, 0.2) is 0 Å². The lowest BCUT2D eigenvalue weighted by molar-refractivity contribution is 0.0955. The largest absolute Gasteiger partial charge is 0.272 e. The molecule has 2 heterocycles. The van der Waals surface area contributed by atoms with Gasteiger partial charge in [-0.1, -0.05) is 37.5 Å². The van der Waals surface area contributed by atoms with Crippen LogP contribution in [0, 0.1) is 11.8 Å². The molecule has 0 radical (unpaired) electrons. The fourth-order valence-corrected chi connectivity index (χ4v) is 5.02. The molecule has 152 valence electrons. The summed E-state index contributed by atoms with van der Waals surface area (Å²) >= 11 is 0. The highest BCUT2D eigenvalue weighted by Crippen LogP contribution is 2.39. The van der Waals surface area contributed by atoms with Crippen LogP contribution in [-0.4, -0.2) is 21.6 Å². The van der Waals surface area contributed by atoms with Crippen molar-refractivity contribution in [1.29, 1.82) is 0 Å². The minimum Gasteiger partial charge on any atom is -0.267 e. The maximum absolute atomic E-state index is 13.1. The molecule has 1 aromatic carbocycles. The van der Waals surface area contributed by atoms with E-state index in [1.807, 2.05) is 42.5 Å². The van der Waals surface area contributed by atoms with Crippen molar-refractivity contribution >= 4 is 22.5 Å². The Kier molecular flexibility index (Phi) is 5.26. The van der Waals surface area contributed by atoms with Gasteiger partial charge in [-0.2, -0.15) is 5.10 Å². The predicted molar refractivity (Wildman–Crippen MR) is 119 cm³/mol. The number of amides is 1. The van der Waals surface area contributed by atoms with Crippen LogP contribution in [0.5, 0.6) is 0 Å². The number of para-hydroxylation sites is 1. The third kappa shape index (κ3) is 3.84. The fourth-order valence-electron chi connectivity index (χ4n) is 5.02. The molecule has 0 aliphatic heterocycles. The Labute approximate surface area is 176 Å². The van der Waals surface area contributed by atoms with Gasteiger partial charge in [0, 0.05) is 29.1 Å². The Morgan fingerprint density at radius 2 is 1.80 bits per heavy atom. The van der Waals surface area contributed by atoms with Crippen LogP contribution >= 0.6 is 0 Å². The molecular weight excluding hydrogens is 372 g/mol. The number of hydrogen-bond donors (Lipinski definition) is 1. The van der Waals surface area contributed by atoms with E-state index in [0.717, 1.165) is 52.5 Å². The number of nitrogens with zero attached hydrogens (tertiary/aromatic N) is 3. The number of carbonyl (C=O) groups excluding carboxylic acids is 1. The highest BCUT2D eigenvalue weighted by molar-refractivity contribution is 6.07. The Hall–Kier alpha value is -3.08. The lowest BCUT2D eigenvalue weighted by Crippen LogP contribution is -2.29. The molecule has 1 amide bonds. The molecule has 2 aliphatic rings. The van der Waals surface area contributed by atoms with Gasteiger partial charge in [-0.15, -0.1) is 0 Å². The molecule has 0 bridgehead atoms. The number of nitrogens with one attached hydrogen (secondary N) is 1. The summed E-state index contributed by atoms with van der Waals surface area (Å²) in [6, 6.07) is 13.4. The Bertz CT molecular complexity index is 1090. The van der Waals surface area contributed by atoms with Crippen molar-refractivity contribution < 1.29 is 4.79 Å². The molecule has 2 aromatic heterocycles. The first-order valence-electron chi connectivity index (χ1n) is 10.9. The normalized spacial score (nSPS) is 22.6. The molecule has 2 aliphatic carbocycles. The van der Waals surface area contributed by atoms with Crippen molar-refractivity contribution in [2.45, 2.75) is 44.9 Å². The molecule has 2 atom stereocenters. The van der Waals surface area contributed by atoms with E-state index in [0.29, 0.717) is 5.56 Å². The Morgan fingerprint density at radius 3 is 2.67 bits per heavy atom. The topological polar surface area (TPSA) is 67.2 Å². The predicted octanol–water partition coefficient (Wildman–Crippen LogP) is 5.37. The maximum Gasteiger partial charge on any atom is 0.272 e. The number of fused-ring (bicyclic) bond motifs is 2. The van der Waals surface area contributed by atoms with Crippen molar-refractivity contribution in [1.82, 2.24) is 15.4 Å². The summed E-state index contributed by atoms with van der Waals surface area (Å²) in [5.74, 6) is 1.44. The second-order valence-electron chi connectivity index (χ2n) is 8.47. The number of hydrogen-bond acceptors (Lipinski definition) is 4. The van der Waals surface area contributed by atoms with Crippen LogP contribution in [0.15, 0.2) is 60.0 Å². The standard InChI is InChI=1S/C25H26N4O/c30-25(29-28-20-10-9-17-5-1-2-6-19(17)15-20)22-16-24(18-11-13-26-14-12-18)27-23-8-4-3-7-21(22)23/h3-4,7-8,11-14,16-17,19H,1-2,5-6,9-10,15H2,(H,29,30)/b28-20-/t17-,19+/m1/s1. The van der Waals surface area contributed by atoms with Gasteiger partial charge in [0.05, 0.1) is 16.8 Å². The molecule has 2 fully saturated rings. The van der Waals surface area contributed by atoms with Crippen molar-refractivity contribution in [3.63, 3.8) is 0 Å². The van der Waals surface area contributed by atoms with Crippen LogP contribution < -0.4 is 5.43 Å². The third-order valence-electron chi connectivity index (χ3n) is 6.62. The van der Waals surface area contributed by atoms with E-state index in [2.05, 4.69) is 15.5 Å². The summed E-state index contributed by atoms with van der Waals surface area (Å²) in [4.78, 5) is 21.9. The lowest BCUT2D eigenvalue weighted by Gasteiger charge is -2.35.